The molecule has 0 aromatic heterocycles. The Morgan fingerprint density at radius 2 is 2.21 bits per heavy atom. The van der Waals surface area contributed by atoms with Gasteiger partial charge < -0.3 is 4.90 Å². The zero-order valence-electron chi connectivity index (χ0n) is 8.69. The molecule has 14 heavy (non-hydrogen) atoms. The number of nitrogens with two attached hydrogens (primary N) is 1. The second kappa shape index (κ2) is 4.41. The highest BCUT2D eigenvalue weighted by atomic mass is 16.2. The van der Waals surface area contributed by atoms with Crippen LogP contribution in [0.3, 0.4) is 0 Å². The van der Waals surface area contributed by atoms with E-state index in [9.17, 15) is 9.59 Å². The average Bonchev–Trinajstić information content (AvgIpc) is 2.51. The van der Waals surface area contributed by atoms with E-state index in [4.69, 9.17) is 5.84 Å². The first kappa shape index (κ1) is 11.0. The van der Waals surface area contributed by atoms with Crippen LogP contribution in [0.5, 0.6) is 0 Å². The van der Waals surface area contributed by atoms with Crippen molar-refractivity contribution in [2.75, 3.05) is 13.1 Å². The lowest BCUT2D eigenvalue weighted by atomic mass is 10.2. The second-order valence-corrected chi connectivity index (χ2v) is 3.73. The molecule has 1 rings (SSSR count). The van der Waals surface area contributed by atoms with Crippen LogP contribution >= 0.6 is 0 Å². The fraction of sp³-hybridized carbons (Fsp3) is 0.778. The fourth-order valence-corrected chi connectivity index (χ4v) is 1.65. The lowest BCUT2D eigenvalue weighted by molar-refractivity contribution is -0.139. The highest BCUT2D eigenvalue weighted by molar-refractivity contribution is 5.83. The van der Waals surface area contributed by atoms with Gasteiger partial charge in [-0.1, -0.05) is 0 Å². The van der Waals surface area contributed by atoms with Crippen molar-refractivity contribution in [3.8, 4) is 0 Å². The molecule has 2 N–H and O–H groups in total. The molecule has 0 spiro atoms. The maximum atomic E-state index is 11.6. The number of carbonyl (C=O) groups is 2. The molecule has 5 nitrogen and oxygen atoms in total. The van der Waals surface area contributed by atoms with Crippen LogP contribution in [0.25, 0.3) is 0 Å². The Morgan fingerprint density at radius 1 is 1.57 bits per heavy atom. The number of hydrogen-bond donors (Lipinski definition) is 1. The topological polar surface area (TPSA) is 66.6 Å². The van der Waals surface area contributed by atoms with Gasteiger partial charge in [-0.2, -0.15) is 0 Å². The van der Waals surface area contributed by atoms with Crippen molar-refractivity contribution in [2.45, 2.75) is 32.7 Å². The van der Waals surface area contributed by atoms with Crippen LogP contribution in [0.4, 0.5) is 0 Å². The Labute approximate surface area is 83.8 Å². The van der Waals surface area contributed by atoms with Gasteiger partial charge in [0.1, 0.15) is 6.54 Å². The maximum Gasteiger partial charge on any atom is 0.244 e. The molecule has 1 aliphatic heterocycles. The van der Waals surface area contributed by atoms with E-state index in [1.165, 1.54) is 6.92 Å². The van der Waals surface area contributed by atoms with Crippen molar-refractivity contribution in [3.05, 3.63) is 0 Å². The van der Waals surface area contributed by atoms with E-state index in [2.05, 4.69) is 0 Å². The van der Waals surface area contributed by atoms with E-state index >= 15 is 0 Å². The quantitative estimate of drug-likeness (QED) is 0.378. The minimum atomic E-state index is -0.287. The van der Waals surface area contributed by atoms with Crippen molar-refractivity contribution >= 4 is 11.8 Å². The lowest BCUT2D eigenvalue weighted by Crippen LogP contribution is -2.46. The molecule has 1 fully saturated rings. The third kappa shape index (κ3) is 2.45. The Morgan fingerprint density at radius 3 is 2.64 bits per heavy atom. The monoisotopic (exact) mass is 199 g/mol. The molecule has 1 saturated heterocycles. The summed E-state index contributed by atoms with van der Waals surface area (Å²) in [5, 5.41) is 0.952. The van der Waals surface area contributed by atoms with E-state index in [1.54, 1.807) is 4.90 Å². The minimum Gasteiger partial charge on any atom is -0.338 e. The van der Waals surface area contributed by atoms with Gasteiger partial charge in [-0.3, -0.25) is 14.6 Å². The predicted molar refractivity (Wildman–Crippen MR) is 52.0 cm³/mol. The first-order valence-corrected chi connectivity index (χ1v) is 4.84. The van der Waals surface area contributed by atoms with Crippen LogP contribution in [0.2, 0.25) is 0 Å². The van der Waals surface area contributed by atoms with Gasteiger partial charge in [0.25, 0.3) is 0 Å². The van der Waals surface area contributed by atoms with E-state index < -0.39 is 0 Å². The molecule has 1 atom stereocenters. The number of carbonyl (C=O) groups excluding carboxylic acids is 2. The van der Waals surface area contributed by atoms with Gasteiger partial charge >= 0.3 is 0 Å². The standard InChI is InChI=1S/C9H17N3O2/c1-7-4-3-5-11(7)9(14)6-12(10)8(2)13/h7H,3-6,10H2,1-2H3. The number of hydrazine groups is 1. The molecule has 2 amide bonds. The summed E-state index contributed by atoms with van der Waals surface area (Å²) >= 11 is 0. The highest BCUT2D eigenvalue weighted by Gasteiger charge is 2.26. The zero-order chi connectivity index (χ0) is 10.7. The van der Waals surface area contributed by atoms with Crippen LogP contribution in [0.1, 0.15) is 26.7 Å². The molecule has 1 heterocycles. The van der Waals surface area contributed by atoms with Crippen LogP contribution in [0.15, 0.2) is 0 Å². The summed E-state index contributed by atoms with van der Waals surface area (Å²) in [6, 6.07) is 0.280. The van der Waals surface area contributed by atoms with Gasteiger partial charge in [-0.05, 0) is 19.8 Å². The van der Waals surface area contributed by atoms with Crippen molar-refractivity contribution in [1.82, 2.24) is 9.91 Å². The van der Waals surface area contributed by atoms with Gasteiger partial charge in [-0.15, -0.1) is 0 Å². The van der Waals surface area contributed by atoms with Gasteiger partial charge in [-0.25, -0.2) is 5.84 Å². The molecular formula is C9H17N3O2. The van der Waals surface area contributed by atoms with E-state index in [0.717, 1.165) is 24.4 Å². The van der Waals surface area contributed by atoms with E-state index in [-0.39, 0.29) is 24.4 Å². The molecule has 1 unspecified atom stereocenters. The third-order valence-electron chi connectivity index (χ3n) is 2.58. The number of hydrogen-bond acceptors (Lipinski definition) is 3. The fourth-order valence-electron chi connectivity index (χ4n) is 1.65. The Balaban J connectivity index is 2.45. The summed E-state index contributed by atoms with van der Waals surface area (Å²) in [5.74, 6) is 5.02. The minimum absolute atomic E-state index is 0.0142. The Bertz CT molecular complexity index is 242. The number of likely N-dealkylation sites (tertiary alicyclic amines) is 1. The SMILES string of the molecule is CC(=O)N(N)CC(=O)N1CCCC1C. The average molecular weight is 199 g/mol. The molecule has 0 aromatic carbocycles. The van der Waals surface area contributed by atoms with Crippen molar-refractivity contribution in [3.63, 3.8) is 0 Å². The molecule has 0 radical (unpaired) electrons. The smallest absolute Gasteiger partial charge is 0.244 e. The molecule has 0 saturated carbocycles. The number of amides is 2. The number of nitrogens with zero attached hydrogens (tertiary/aromatic N) is 2. The largest absolute Gasteiger partial charge is 0.338 e. The first-order chi connectivity index (χ1) is 6.52. The zero-order valence-corrected chi connectivity index (χ0v) is 8.69. The summed E-state index contributed by atoms with van der Waals surface area (Å²) in [5.41, 5.74) is 0. The van der Waals surface area contributed by atoms with Crippen LogP contribution in [0, 0.1) is 0 Å². The van der Waals surface area contributed by atoms with Gasteiger partial charge in [0.15, 0.2) is 0 Å². The first-order valence-electron chi connectivity index (χ1n) is 4.84. The highest BCUT2D eigenvalue weighted by Crippen LogP contribution is 2.16. The summed E-state index contributed by atoms with van der Waals surface area (Å²) in [7, 11) is 0. The summed E-state index contributed by atoms with van der Waals surface area (Å²) in [6.07, 6.45) is 2.08. The van der Waals surface area contributed by atoms with Crippen molar-refractivity contribution in [2.24, 2.45) is 5.84 Å². The molecular weight excluding hydrogens is 182 g/mol. The van der Waals surface area contributed by atoms with Gasteiger partial charge in [0, 0.05) is 19.5 Å². The predicted octanol–water partition coefficient (Wildman–Crippen LogP) is -0.280. The van der Waals surface area contributed by atoms with E-state index in [0.29, 0.717) is 0 Å². The van der Waals surface area contributed by atoms with Crippen LogP contribution < -0.4 is 5.84 Å². The summed E-state index contributed by atoms with van der Waals surface area (Å²) < 4.78 is 0. The summed E-state index contributed by atoms with van der Waals surface area (Å²) in [6.45, 7) is 4.13. The van der Waals surface area contributed by atoms with Gasteiger partial charge in [0.2, 0.25) is 11.8 Å². The maximum absolute atomic E-state index is 11.6. The normalized spacial score (nSPS) is 21.1. The summed E-state index contributed by atoms with van der Waals surface area (Å²) in [4.78, 5) is 24.2. The third-order valence-corrected chi connectivity index (χ3v) is 2.58. The molecule has 5 heteroatoms. The van der Waals surface area contributed by atoms with Gasteiger partial charge in [0.05, 0.1) is 0 Å². The van der Waals surface area contributed by atoms with Crippen LogP contribution in [-0.4, -0.2) is 40.9 Å². The van der Waals surface area contributed by atoms with Crippen molar-refractivity contribution in [1.29, 1.82) is 0 Å². The number of rotatable bonds is 2. The molecule has 1 aliphatic rings. The lowest BCUT2D eigenvalue weighted by Gasteiger charge is -2.23. The molecule has 0 aromatic rings. The van der Waals surface area contributed by atoms with E-state index in [1.807, 2.05) is 6.92 Å². The molecule has 0 bridgehead atoms. The Kier molecular flexibility index (Phi) is 3.46. The van der Waals surface area contributed by atoms with Crippen LogP contribution in [-0.2, 0) is 9.59 Å². The molecule has 80 valence electrons. The molecule has 0 aliphatic carbocycles. The second-order valence-electron chi connectivity index (χ2n) is 3.73. The van der Waals surface area contributed by atoms with Crippen molar-refractivity contribution < 1.29 is 9.59 Å². The Hall–Kier alpha value is -1.10.